The summed E-state index contributed by atoms with van der Waals surface area (Å²) in [6.45, 7) is 1.73. The summed E-state index contributed by atoms with van der Waals surface area (Å²) in [4.78, 5) is 18.5. The number of nitrogens with zero attached hydrogens (tertiary/aromatic N) is 5. The second-order valence-electron chi connectivity index (χ2n) is 3.50. The lowest BCUT2D eigenvalue weighted by Crippen LogP contribution is -2.14. The predicted molar refractivity (Wildman–Crippen MR) is 72.2 cm³/mol. The van der Waals surface area contributed by atoms with Crippen molar-refractivity contribution in [2.24, 2.45) is 10.9 Å². The van der Waals surface area contributed by atoms with Gasteiger partial charge in [-0.05, 0) is 30.2 Å². The number of amidine groups is 1. The van der Waals surface area contributed by atoms with Crippen LogP contribution in [0.5, 0.6) is 0 Å². The highest BCUT2D eigenvalue weighted by Gasteiger charge is 2.20. The molecule has 0 saturated heterocycles. The molecule has 0 aliphatic heterocycles. The first-order valence-corrected chi connectivity index (χ1v) is 6.70. The maximum Gasteiger partial charge on any atom is 0.302 e. The largest absolute Gasteiger partial charge is 0.409 e. The number of nitro groups is 1. The van der Waals surface area contributed by atoms with Crippen LogP contribution >= 0.6 is 23.3 Å². The quantitative estimate of drug-likeness (QED) is 0.284. The first kappa shape index (κ1) is 14.1. The fourth-order valence-corrected chi connectivity index (χ4v) is 2.86. The first-order chi connectivity index (χ1) is 9.51. The topological polar surface area (TPSA) is 140 Å². The summed E-state index contributed by atoms with van der Waals surface area (Å²) in [5.74, 6) is 0.345. The second kappa shape index (κ2) is 5.79. The van der Waals surface area contributed by atoms with E-state index in [9.17, 15) is 10.1 Å². The van der Waals surface area contributed by atoms with E-state index < -0.39 is 4.92 Å². The van der Waals surface area contributed by atoms with Gasteiger partial charge in [0.05, 0.1) is 4.92 Å². The van der Waals surface area contributed by atoms with Gasteiger partial charge in [-0.2, -0.15) is 4.37 Å². The van der Waals surface area contributed by atoms with E-state index in [0.29, 0.717) is 10.2 Å². The van der Waals surface area contributed by atoms with Crippen LogP contribution in [0.1, 0.15) is 11.4 Å². The van der Waals surface area contributed by atoms with Crippen LogP contribution in [0.15, 0.2) is 26.8 Å². The molecular formula is C9H8N6O3S2. The number of aromatic nitrogens is 3. The number of aryl methyl sites for hydroxylation is 1. The number of oxime groups is 1. The van der Waals surface area contributed by atoms with E-state index in [2.05, 4.69) is 19.5 Å². The summed E-state index contributed by atoms with van der Waals surface area (Å²) < 4.78 is 4.54. The smallest absolute Gasteiger partial charge is 0.302 e. The summed E-state index contributed by atoms with van der Waals surface area (Å²) >= 11 is 2.17. The second-order valence-corrected chi connectivity index (χ2v) is 5.49. The van der Waals surface area contributed by atoms with Crippen LogP contribution in [0.4, 0.5) is 5.69 Å². The highest BCUT2D eigenvalue weighted by Crippen LogP contribution is 2.34. The van der Waals surface area contributed by atoms with Crippen molar-refractivity contribution in [2.75, 3.05) is 0 Å². The van der Waals surface area contributed by atoms with E-state index in [-0.39, 0.29) is 22.1 Å². The van der Waals surface area contributed by atoms with Crippen molar-refractivity contribution in [3.63, 3.8) is 0 Å². The van der Waals surface area contributed by atoms with E-state index in [1.165, 1.54) is 12.3 Å². The standard InChI is InChI=1S/C9H8N6O3S2/c1-4-12-9(20-14-4)19-8-6(15(17)18)2-5(3-11-8)7(10)13-16/h2-3,16H,1H3,(H2,10,13). The molecule has 2 rings (SSSR count). The predicted octanol–water partition coefficient (Wildman–Crippen LogP) is 1.40. The molecule has 0 aliphatic carbocycles. The van der Waals surface area contributed by atoms with Crippen molar-refractivity contribution in [2.45, 2.75) is 16.3 Å². The molecule has 0 fully saturated rings. The maximum absolute atomic E-state index is 11.1. The molecule has 9 nitrogen and oxygen atoms in total. The summed E-state index contributed by atoms with van der Waals surface area (Å²) in [5.41, 5.74) is 5.30. The van der Waals surface area contributed by atoms with Gasteiger partial charge in [-0.25, -0.2) is 9.97 Å². The number of hydrogen-bond donors (Lipinski definition) is 2. The molecule has 11 heteroatoms. The summed E-state index contributed by atoms with van der Waals surface area (Å²) in [6.07, 6.45) is 1.29. The highest BCUT2D eigenvalue weighted by molar-refractivity contribution is 8.01. The van der Waals surface area contributed by atoms with Crippen molar-refractivity contribution < 1.29 is 10.1 Å². The van der Waals surface area contributed by atoms with Gasteiger partial charge < -0.3 is 10.9 Å². The Hall–Kier alpha value is -2.27. The van der Waals surface area contributed by atoms with Crippen molar-refractivity contribution in [1.29, 1.82) is 0 Å². The molecule has 0 aromatic carbocycles. The number of pyridine rings is 1. The van der Waals surface area contributed by atoms with Gasteiger partial charge in [-0.3, -0.25) is 10.1 Å². The summed E-state index contributed by atoms with van der Waals surface area (Å²) in [5, 5.41) is 22.6. The van der Waals surface area contributed by atoms with E-state index in [4.69, 9.17) is 10.9 Å². The Morgan fingerprint density at radius 1 is 1.65 bits per heavy atom. The highest BCUT2D eigenvalue weighted by atomic mass is 32.2. The molecule has 3 N–H and O–H groups in total. The molecule has 0 amide bonds. The minimum absolute atomic E-state index is 0.164. The molecule has 0 bridgehead atoms. The molecule has 20 heavy (non-hydrogen) atoms. The van der Waals surface area contributed by atoms with Gasteiger partial charge in [-0.15, -0.1) is 0 Å². The number of nitrogens with two attached hydrogens (primary N) is 1. The average molecular weight is 312 g/mol. The van der Waals surface area contributed by atoms with E-state index in [1.54, 1.807) is 6.92 Å². The van der Waals surface area contributed by atoms with Crippen LogP contribution in [0.2, 0.25) is 0 Å². The van der Waals surface area contributed by atoms with Crippen LogP contribution < -0.4 is 5.73 Å². The van der Waals surface area contributed by atoms with E-state index >= 15 is 0 Å². The molecule has 0 saturated carbocycles. The summed E-state index contributed by atoms with van der Waals surface area (Å²) in [6, 6.07) is 1.19. The lowest BCUT2D eigenvalue weighted by Gasteiger charge is -2.02. The molecule has 0 unspecified atom stereocenters. The van der Waals surface area contributed by atoms with Crippen LogP contribution in [0.25, 0.3) is 0 Å². The zero-order valence-electron chi connectivity index (χ0n) is 10.0. The fourth-order valence-electron chi connectivity index (χ4n) is 1.25. The zero-order valence-corrected chi connectivity index (χ0v) is 11.7. The Kier molecular flexibility index (Phi) is 4.10. The summed E-state index contributed by atoms with van der Waals surface area (Å²) in [7, 11) is 0. The van der Waals surface area contributed by atoms with Gasteiger partial charge in [0.15, 0.2) is 15.2 Å². The monoisotopic (exact) mass is 312 g/mol. The van der Waals surface area contributed by atoms with Crippen LogP contribution in [0, 0.1) is 17.0 Å². The van der Waals surface area contributed by atoms with Gasteiger partial charge in [0.25, 0.3) is 0 Å². The molecule has 104 valence electrons. The number of hydrogen-bond acceptors (Lipinski definition) is 9. The van der Waals surface area contributed by atoms with Gasteiger partial charge in [0.1, 0.15) is 5.82 Å². The lowest BCUT2D eigenvalue weighted by molar-refractivity contribution is -0.388. The minimum Gasteiger partial charge on any atom is -0.409 e. The first-order valence-electron chi connectivity index (χ1n) is 5.11. The van der Waals surface area contributed by atoms with E-state index in [0.717, 1.165) is 23.3 Å². The normalized spacial score (nSPS) is 11.6. The van der Waals surface area contributed by atoms with Crippen molar-refractivity contribution in [3.8, 4) is 0 Å². The third-order valence-electron chi connectivity index (χ3n) is 2.13. The van der Waals surface area contributed by atoms with Crippen LogP contribution in [-0.2, 0) is 0 Å². The van der Waals surface area contributed by atoms with Gasteiger partial charge >= 0.3 is 5.69 Å². The Morgan fingerprint density at radius 2 is 2.40 bits per heavy atom. The van der Waals surface area contributed by atoms with Gasteiger partial charge in [-0.1, -0.05) is 5.16 Å². The van der Waals surface area contributed by atoms with Gasteiger partial charge in [0, 0.05) is 17.8 Å². The Balaban J connectivity index is 2.40. The third-order valence-corrected chi connectivity index (χ3v) is 3.98. The molecular weight excluding hydrogens is 304 g/mol. The molecule has 2 aromatic heterocycles. The van der Waals surface area contributed by atoms with E-state index in [1.807, 2.05) is 0 Å². The molecule has 0 radical (unpaired) electrons. The fraction of sp³-hybridized carbons (Fsp3) is 0.111. The zero-order chi connectivity index (χ0) is 14.7. The Bertz CT molecular complexity index is 686. The van der Waals surface area contributed by atoms with Crippen LogP contribution in [0.3, 0.4) is 0 Å². The molecule has 0 atom stereocenters. The lowest BCUT2D eigenvalue weighted by atomic mass is 10.2. The third kappa shape index (κ3) is 3.00. The Morgan fingerprint density at radius 3 is 2.95 bits per heavy atom. The molecule has 0 aliphatic rings. The molecule has 0 spiro atoms. The van der Waals surface area contributed by atoms with Crippen molar-refractivity contribution in [3.05, 3.63) is 33.8 Å². The number of rotatable bonds is 4. The van der Waals surface area contributed by atoms with Gasteiger partial charge in [0.2, 0.25) is 0 Å². The maximum atomic E-state index is 11.1. The minimum atomic E-state index is -0.586. The SMILES string of the molecule is Cc1nsc(Sc2ncc(C(N)=NO)cc2[N+](=O)[O-])n1. The molecule has 2 heterocycles. The van der Waals surface area contributed by atoms with Crippen molar-refractivity contribution >= 4 is 34.8 Å². The van der Waals surface area contributed by atoms with Crippen molar-refractivity contribution in [1.82, 2.24) is 14.3 Å². The average Bonchev–Trinajstić information content (AvgIpc) is 2.83. The van der Waals surface area contributed by atoms with Crippen LogP contribution in [-0.4, -0.2) is 30.3 Å². The molecule has 2 aromatic rings. The Labute approximate surface area is 120 Å².